The normalized spacial score (nSPS) is 6.56. The SMILES string of the molecule is N#CC(C#N)[N+](=O)[O-].[Ag]. The topological polar surface area (TPSA) is 90.7 Å². The molecule has 0 aliphatic heterocycles. The van der Waals surface area contributed by atoms with Crippen LogP contribution in [0, 0.1) is 32.8 Å². The second-order valence-electron chi connectivity index (χ2n) is 0.946. The fourth-order valence-corrected chi connectivity index (χ4v) is 0.123. The Hall–Kier alpha value is -0.880. The molecule has 0 aliphatic carbocycles. The summed E-state index contributed by atoms with van der Waals surface area (Å²) in [4.78, 5) is 8.58. The van der Waals surface area contributed by atoms with Crippen molar-refractivity contribution in [1.29, 1.82) is 10.5 Å². The van der Waals surface area contributed by atoms with E-state index in [4.69, 9.17) is 10.5 Å². The first-order valence-corrected chi connectivity index (χ1v) is 1.65. The van der Waals surface area contributed by atoms with Crippen LogP contribution in [0.4, 0.5) is 0 Å². The minimum absolute atomic E-state index is 0. The van der Waals surface area contributed by atoms with E-state index in [2.05, 4.69) is 0 Å². The van der Waals surface area contributed by atoms with Gasteiger partial charge in [-0.25, -0.2) is 0 Å². The van der Waals surface area contributed by atoms with Crippen molar-refractivity contribution in [3.63, 3.8) is 0 Å². The largest absolute Gasteiger partial charge is 0.380 e. The van der Waals surface area contributed by atoms with Crippen molar-refractivity contribution in [2.24, 2.45) is 0 Å². The van der Waals surface area contributed by atoms with Crippen molar-refractivity contribution in [3.8, 4) is 12.1 Å². The van der Waals surface area contributed by atoms with E-state index in [9.17, 15) is 10.1 Å². The Kier molecular flexibility index (Phi) is 6.42. The maximum Gasteiger partial charge on any atom is 0.380 e. The van der Waals surface area contributed by atoms with E-state index in [1.54, 1.807) is 0 Å². The summed E-state index contributed by atoms with van der Waals surface area (Å²) in [6.07, 6.45) is 0. The zero-order chi connectivity index (χ0) is 6.57. The second kappa shape index (κ2) is 5.26. The van der Waals surface area contributed by atoms with Crippen LogP contribution in [0.5, 0.6) is 0 Å². The Labute approximate surface area is 66.5 Å². The van der Waals surface area contributed by atoms with Gasteiger partial charge in [0.15, 0.2) is 12.1 Å². The Balaban J connectivity index is 0. The summed E-state index contributed by atoms with van der Waals surface area (Å²) in [5, 5.41) is 25.1. The van der Waals surface area contributed by atoms with Gasteiger partial charge in [0.25, 0.3) is 0 Å². The standard InChI is InChI=1S/C3HN3O2.Ag/c4-1-3(2-5)6(7)8;/h3H;. The molecule has 0 aromatic heterocycles. The van der Waals surface area contributed by atoms with Crippen molar-refractivity contribution >= 4 is 0 Å². The maximum absolute atomic E-state index is 9.52. The van der Waals surface area contributed by atoms with Crippen LogP contribution >= 0.6 is 0 Å². The first-order valence-electron chi connectivity index (χ1n) is 1.65. The van der Waals surface area contributed by atoms with Crippen molar-refractivity contribution in [3.05, 3.63) is 10.1 Å². The molecule has 0 amide bonds. The molecule has 51 valence electrons. The molecule has 6 heteroatoms. The fraction of sp³-hybridized carbons (Fsp3) is 0.333. The van der Waals surface area contributed by atoms with Gasteiger partial charge in [-0.2, -0.15) is 10.5 Å². The van der Waals surface area contributed by atoms with Gasteiger partial charge in [0, 0.05) is 22.4 Å². The summed E-state index contributed by atoms with van der Waals surface area (Å²) >= 11 is 0. The Morgan fingerprint density at radius 1 is 1.44 bits per heavy atom. The van der Waals surface area contributed by atoms with Gasteiger partial charge in [-0.15, -0.1) is 0 Å². The number of nitro groups is 1. The predicted molar refractivity (Wildman–Crippen MR) is 22.0 cm³/mol. The molecule has 0 saturated heterocycles. The molecule has 0 aromatic carbocycles. The minimum Gasteiger partial charge on any atom is -0.262 e. The molecule has 5 nitrogen and oxygen atoms in total. The quantitative estimate of drug-likeness (QED) is 0.343. The molecule has 0 bridgehead atoms. The first kappa shape index (κ1) is 11.0. The van der Waals surface area contributed by atoms with Gasteiger partial charge in [-0.3, -0.25) is 10.1 Å². The molecule has 1 radical (unpaired) electrons. The molecule has 0 fully saturated rings. The van der Waals surface area contributed by atoms with Crippen LogP contribution in [-0.4, -0.2) is 11.0 Å². The van der Waals surface area contributed by atoms with Gasteiger partial charge in [-0.05, 0) is 0 Å². The summed E-state index contributed by atoms with van der Waals surface area (Å²) in [7, 11) is 0. The maximum atomic E-state index is 9.52. The third-order valence-electron chi connectivity index (χ3n) is 0.455. The smallest absolute Gasteiger partial charge is 0.262 e. The number of nitriles is 2. The van der Waals surface area contributed by atoms with Crippen LogP contribution in [0.25, 0.3) is 0 Å². The van der Waals surface area contributed by atoms with Gasteiger partial charge in [0.05, 0.1) is 4.92 Å². The monoisotopic (exact) mass is 218 g/mol. The van der Waals surface area contributed by atoms with E-state index in [0.29, 0.717) is 0 Å². The number of hydrogen-bond acceptors (Lipinski definition) is 4. The summed E-state index contributed by atoms with van der Waals surface area (Å²) in [5.41, 5.74) is 0. The van der Waals surface area contributed by atoms with Gasteiger partial charge < -0.3 is 0 Å². The summed E-state index contributed by atoms with van der Waals surface area (Å²) < 4.78 is 0. The molecular weight excluding hydrogens is 218 g/mol. The Morgan fingerprint density at radius 2 is 1.78 bits per heavy atom. The van der Waals surface area contributed by atoms with E-state index in [0.717, 1.165) is 0 Å². The van der Waals surface area contributed by atoms with Crippen LogP contribution in [0.2, 0.25) is 0 Å². The third-order valence-corrected chi connectivity index (χ3v) is 0.455. The van der Waals surface area contributed by atoms with E-state index in [1.807, 2.05) is 0 Å². The van der Waals surface area contributed by atoms with Crippen molar-refractivity contribution in [2.75, 3.05) is 0 Å². The van der Waals surface area contributed by atoms with Crippen LogP contribution in [0.3, 0.4) is 0 Å². The van der Waals surface area contributed by atoms with Crippen LogP contribution in [0.1, 0.15) is 0 Å². The summed E-state index contributed by atoms with van der Waals surface area (Å²) in [6, 6.07) is 0.669. The summed E-state index contributed by atoms with van der Waals surface area (Å²) in [6.45, 7) is 0. The number of rotatable bonds is 1. The fourth-order valence-electron chi connectivity index (χ4n) is 0.123. The molecular formula is C3HAgN3O2. The van der Waals surface area contributed by atoms with E-state index < -0.39 is 11.0 Å². The predicted octanol–water partition coefficient (Wildman–Crippen LogP) is -0.324. The zero-order valence-corrected chi connectivity index (χ0v) is 5.52. The number of nitrogens with zero attached hydrogens (tertiary/aromatic N) is 3. The molecule has 0 atom stereocenters. The number of hydrogen-bond donors (Lipinski definition) is 0. The van der Waals surface area contributed by atoms with E-state index >= 15 is 0 Å². The minimum atomic E-state index is -1.71. The molecule has 0 aromatic rings. The third kappa shape index (κ3) is 3.68. The first-order chi connectivity index (χ1) is 3.72. The van der Waals surface area contributed by atoms with Crippen LogP contribution in [0.15, 0.2) is 0 Å². The molecule has 0 heterocycles. The van der Waals surface area contributed by atoms with E-state index in [-0.39, 0.29) is 22.4 Å². The van der Waals surface area contributed by atoms with Crippen molar-refractivity contribution < 1.29 is 27.3 Å². The molecule has 0 aliphatic rings. The molecule has 0 unspecified atom stereocenters. The Bertz CT molecular complexity index is 164. The average Bonchev–Trinajstić information content (AvgIpc) is 1.69. The van der Waals surface area contributed by atoms with Gasteiger partial charge >= 0.3 is 6.04 Å². The summed E-state index contributed by atoms with van der Waals surface area (Å²) in [5.74, 6) is 0. The van der Waals surface area contributed by atoms with Gasteiger partial charge in [0.1, 0.15) is 0 Å². The molecule has 9 heavy (non-hydrogen) atoms. The average molecular weight is 219 g/mol. The Morgan fingerprint density at radius 3 is 1.78 bits per heavy atom. The van der Waals surface area contributed by atoms with Gasteiger partial charge in [0.2, 0.25) is 0 Å². The molecule has 0 spiro atoms. The van der Waals surface area contributed by atoms with Crippen molar-refractivity contribution in [2.45, 2.75) is 6.04 Å². The van der Waals surface area contributed by atoms with Crippen LogP contribution in [-0.2, 0) is 22.4 Å². The molecule has 0 N–H and O–H groups in total. The van der Waals surface area contributed by atoms with Crippen molar-refractivity contribution in [1.82, 2.24) is 0 Å². The zero-order valence-electron chi connectivity index (χ0n) is 4.04. The van der Waals surface area contributed by atoms with Gasteiger partial charge in [-0.1, -0.05) is 0 Å². The van der Waals surface area contributed by atoms with E-state index in [1.165, 1.54) is 12.1 Å². The molecule has 0 rings (SSSR count). The molecule has 0 saturated carbocycles. The second-order valence-corrected chi connectivity index (χ2v) is 0.946. The van der Waals surface area contributed by atoms with Crippen LogP contribution < -0.4 is 0 Å².